The average Bonchev–Trinajstić information content (AvgIpc) is 2.51. The maximum Gasteiger partial charge on any atom is 0.221 e. The number of nitrogen functional groups attached to an aromatic ring is 2. The lowest BCUT2D eigenvalue weighted by Gasteiger charge is -2.08. The molecule has 0 aliphatic heterocycles. The molecule has 3 aromatic rings. The highest BCUT2D eigenvalue weighted by atomic mass is 16.1. The third-order valence-electron chi connectivity index (χ3n) is 3.07. The second kappa shape index (κ2) is 7.13. The minimum Gasteiger partial charge on any atom is -0.399 e. The van der Waals surface area contributed by atoms with Gasteiger partial charge in [-0.3, -0.25) is 4.79 Å². The van der Waals surface area contributed by atoms with Crippen molar-refractivity contribution in [1.29, 1.82) is 0 Å². The summed E-state index contributed by atoms with van der Waals surface area (Å²) >= 11 is 0. The van der Waals surface area contributed by atoms with Crippen molar-refractivity contribution >= 4 is 33.7 Å². The summed E-state index contributed by atoms with van der Waals surface area (Å²) in [7, 11) is 0. The predicted molar refractivity (Wildman–Crippen MR) is 93.5 cm³/mol. The van der Waals surface area contributed by atoms with Gasteiger partial charge in [-0.1, -0.05) is 42.5 Å². The second-order valence-electron chi connectivity index (χ2n) is 4.84. The van der Waals surface area contributed by atoms with Gasteiger partial charge in [0.1, 0.15) is 0 Å². The topological polar surface area (TPSA) is 81.1 Å². The lowest BCUT2D eigenvalue weighted by Crippen LogP contribution is -2.06. The summed E-state index contributed by atoms with van der Waals surface area (Å²) in [5.41, 5.74) is 13.5. The number of nitrogens with two attached hydrogens (primary N) is 2. The van der Waals surface area contributed by atoms with Crippen LogP contribution in [0.1, 0.15) is 6.92 Å². The van der Waals surface area contributed by atoms with Crippen LogP contribution in [0.2, 0.25) is 0 Å². The number of fused-ring (bicyclic) bond motifs is 1. The molecule has 0 saturated carbocycles. The first kappa shape index (κ1) is 15.4. The van der Waals surface area contributed by atoms with Crippen LogP contribution < -0.4 is 16.8 Å². The molecule has 0 radical (unpaired) electrons. The number of anilines is 3. The van der Waals surface area contributed by atoms with Crippen molar-refractivity contribution in [3.05, 3.63) is 66.7 Å². The van der Waals surface area contributed by atoms with E-state index < -0.39 is 0 Å². The standard InChI is InChI=1S/C12H12N2O.C6H7N/c1-8(15)14-12-7-6-11(13)9-4-2-3-5-10(9)12;7-6-4-2-1-3-5-6/h2-7H,13H2,1H3,(H,14,15);1-5H,7H2. The lowest BCUT2D eigenvalue weighted by atomic mass is 10.1. The molecule has 0 unspecified atom stereocenters. The Labute approximate surface area is 129 Å². The van der Waals surface area contributed by atoms with Crippen LogP contribution >= 0.6 is 0 Å². The number of rotatable bonds is 1. The molecule has 0 bridgehead atoms. The summed E-state index contributed by atoms with van der Waals surface area (Å²) < 4.78 is 0. The van der Waals surface area contributed by atoms with Crippen molar-refractivity contribution < 1.29 is 4.79 Å². The van der Waals surface area contributed by atoms with E-state index in [4.69, 9.17) is 11.5 Å². The quantitative estimate of drug-likeness (QED) is 0.599. The first-order chi connectivity index (χ1) is 10.6. The van der Waals surface area contributed by atoms with Crippen molar-refractivity contribution in [2.45, 2.75) is 6.92 Å². The number of carbonyl (C=O) groups excluding carboxylic acids is 1. The number of hydrogen-bond donors (Lipinski definition) is 3. The first-order valence-electron chi connectivity index (χ1n) is 6.93. The Bertz CT molecular complexity index is 770. The fourth-order valence-corrected chi connectivity index (χ4v) is 2.07. The number of hydrogen-bond acceptors (Lipinski definition) is 3. The monoisotopic (exact) mass is 293 g/mol. The molecule has 112 valence electrons. The summed E-state index contributed by atoms with van der Waals surface area (Å²) in [6.45, 7) is 1.49. The van der Waals surface area contributed by atoms with Crippen LogP contribution in [0.3, 0.4) is 0 Å². The van der Waals surface area contributed by atoms with Gasteiger partial charge in [0.05, 0.1) is 0 Å². The Morgan fingerprint density at radius 3 is 1.95 bits per heavy atom. The van der Waals surface area contributed by atoms with Crippen LogP contribution in [0, 0.1) is 0 Å². The van der Waals surface area contributed by atoms with E-state index in [1.165, 1.54) is 6.92 Å². The van der Waals surface area contributed by atoms with Crippen LogP contribution in [0.5, 0.6) is 0 Å². The Kier molecular flexibility index (Phi) is 4.98. The molecule has 0 heterocycles. The third-order valence-corrected chi connectivity index (χ3v) is 3.07. The zero-order valence-electron chi connectivity index (χ0n) is 12.4. The summed E-state index contributed by atoms with van der Waals surface area (Å²) in [6.07, 6.45) is 0. The highest BCUT2D eigenvalue weighted by molar-refractivity contribution is 6.05. The zero-order chi connectivity index (χ0) is 15.9. The van der Waals surface area contributed by atoms with Gasteiger partial charge in [-0.05, 0) is 24.3 Å². The molecule has 0 saturated heterocycles. The Hall–Kier alpha value is -3.01. The Morgan fingerprint density at radius 1 is 0.818 bits per heavy atom. The van der Waals surface area contributed by atoms with Crippen LogP contribution in [-0.4, -0.2) is 5.91 Å². The zero-order valence-corrected chi connectivity index (χ0v) is 12.4. The van der Waals surface area contributed by atoms with Crippen molar-refractivity contribution in [1.82, 2.24) is 0 Å². The summed E-state index contributed by atoms with van der Waals surface area (Å²) in [4.78, 5) is 11.0. The molecule has 4 nitrogen and oxygen atoms in total. The molecule has 5 N–H and O–H groups in total. The minimum absolute atomic E-state index is 0.0788. The van der Waals surface area contributed by atoms with Gasteiger partial charge in [-0.2, -0.15) is 0 Å². The molecular weight excluding hydrogens is 274 g/mol. The average molecular weight is 293 g/mol. The molecular formula is C18H19N3O. The van der Waals surface area contributed by atoms with Gasteiger partial charge in [0.15, 0.2) is 0 Å². The van der Waals surface area contributed by atoms with Crippen LogP contribution in [0.15, 0.2) is 66.7 Å². The highest BCUT2D eigenvalue weighted by Crippen LogP contribution is 2.27. The van der Waals surface area contributed by atoms with Crippen molar-refractivity contribution in [2.24, 2.45) is 0 Å². The summed E-state index contributed by atoms with van der Waals surface area (Å²) in [5.74, 6) is -0.0788. The molecule has 1 amide bonds. The lowest BCUT2D eigenvalue weighted by molar-refractivity contribution is -0.114. The van der Waals surface area contributed by atoms with E-state index in [1.807, 2.05) is 60.7 Å². The first-order valence-corrected chi connectivity index (χ1v) is 6.93. The van der Waals surface area contributed by atoms with Crippen molar-refractivity contribution in [3.63, 3.8) is 0 Å². The SMILES string of the molecule is CC(=O)Nc1ccc(N)c2ccccc12.Nc1ccccc1. The largest absolute Gasteiger partial charge is 0.399 e. The van der Waals surface area contributed by atoms with Gasteiger partial charge in [-0.15, -0.1) is 0 Å². The maximum atomic E-state index is 11.0. The fraction of sp³-hybridized carbons (Fsp3) is 0.0556. The van der Waals surface area contributed by atoms with Gasteiger partial charge < -0.3 is 16.8 Å². The highest BCUT2D eigenvalue weighted by Gasteiger charge is 2.03. The number of para-hydroxylation sites is 1. The van der Waals surface area contributed by atoms with E-state index in [0.717, 1.165) is 27.8 Å². The number of amides is 1. The molecule has 0 spiro atoms. The van der Waals surface area contributed by atoms with Gasteiger partial charge in [-0.25, -0.2) is 0 Å². The van der Waals surface area contributed by atoms with Gasteiger partial charge in [0.25, 0.3) is 0 Å². The van der Waals surface area contributed by atoms with Crippen molar-refractivity contribution in [3.8, 4) is 0 Å². The predicted octanol–water partition coefficient (Wildman–Crippen LogP) is 3.65. The summed E-state index contributed by atoms with van der Waals surface area (Å²) in [6, 6.07) is 20.8. The van der Waals surface area contributed by atoms with Crippen LogP contribution in [-0.2, 0) is 4.79 Å². The Morgan fingerprint density at radius 2 is 1.41 bits per heavy atom. The van der Waals surface area contributed by atoms with E-state index in [2.05, 4.69) is 5.32 Å². The van der Waals surface area contributed by atoms with Gasteiger partial charge >= 0.3 is 0 Å². The van der Waals surface area contributed by atoms with E-state index in [-0.39, 0.29) is 5.91 Å². The van der Waals surface area contributed by atoms with Crippen LogP contribution in [0.25, 0.3) is 10.8 Å². The van der Waals surface area contributed by atoms with E-state index in [1.54, 1.807) is 6.07 Å². The molecule has 0 aromatic heterocycles. The number of benzene rings is 3. The minimum atomic E-state index is -0.0788. The number of nitrogens with one attached hydrogen (secondary N) is 1. The van der Waals surface area contributed by atoms with E-state index in [9.17, 15) is 4.79 Å². The smallest absolute Gasteiger partial charge is 0.221 e. The molecule has 0 fully saturated rings. The van der Waals surface area contributed by atoms with Crippen molar-refractivity contribution in [2.75, 3.05) is 16.8 Å². The van der Waals surface area contributed by atoms with Gasteiger partial charge in [0, 0.05) is 34.8 Å². The third kappa shape index (κ3) is 3.99. The Balaban J connectivity index is 0.000000211. The molecule has 22 heavy (non-hydrogen) atoms. The van der Waals surface area contributed by atoms with E-state index >= 15 is 0 Å². The number of carbonyl (C=O) groups is 1. The molecule has 0 atom stereocenters. The van der Waals surface area contributed by atoms with E-state index in [0.29, 0.717) is 0 Å². The normalized spacial score (nSPS) is 9.68. The molecule has 0 aliphatic rings. The van der Waals surface area contributed by atoms with Crippen LogP contribution in [0.4, 0.5) is 17.1 Å². The summed E-state index contributed by atoms with van der Waals surface area (Å²) in [5, 5.41) is 4.71. The van der Waals surface area contributed by atoms with Gasteiger partial charge in [0.2, 0.25) is 5.91 Å². The fourth-order valence-electron chi connectivity index (χ4n) is 2.07. The maximum absolute atomic E-state index is 11.0. The molecule has 3 aromatic carbocycles. The molecule has 0 aliphatic carbocycles. The second-order valence-corrected chi connectivity index (χ2v) is 4.84. The molecule has 4 heteroatoms. The molecule has 3 rings (SSSR count).